The van der Waals surface area contributed by atoms with Gasteiger partial charge in [0.25, 0.3) is 15.9 Å². The first-order valence-corrected chi connectivity index (χ1v) is 10.3. The number of hydrogen-bond acceptors (Lipinski definition) is 3. The molecule has 3 aromatic rings. The summed E-state index contributed by atoms with van der Waals surface area (Å²) in [5.74, 6) is -3.40. The molecule has 0 saturated heterocycles. The molecule has 0 fully saturated rings. The number of carbonyl (C=O) groups is 1. The van der Waals surface area contributed by atoms with E-state index in [1.807, 2.05) is 0 Å². The van der Waals surface area contributed by atoms with Gasteiger partial charge < -0.3 is 5.32 Å². The predicted octanol–water partition coefficient (Wildman–Crippen LogP) is 4.40. The summed E-state index contributed by atoms with van der Waals surface area (Å²) in [4.78, 5) is 12.3. The fraction of sp³-hybridized carbons (Fsp3) is 0.0952. The number of benzene rings is 3. The zero-order valence-electron chi connectivity index (χ0n) is 15.7. The van der Waals surface area contributed by atoms with E-state index in [0.29, 0.717) is 5.56 Å². The van der Waals surface area contributed by atoms with Crippen molar-refractivity contribution in [3.05, 3.63) is 95.3 Å². The molecule has 0 radical (unpaired) electrons. The van der Waals surface area contributed by atoms with Crippen molar-refractivity contribution >= 4 is 21.6 Å². The van der Waals surface area contributed by atoms with Crippen LogP contribution in [-0.4, -0.2) is 14.3 Å². The number of hydrogen-bond donors (Lipinski definition) is 2. The molecule has 0 bridgehead atoms. The van der Waals surface area contributed by atoms with Gasteiger partial charge in [-0.25, -0.2) is 21.6 Å². The molecule has 1 amide bonds. The van der Waals surface area contributed by atoms with E-state index in [0.717, 1.165) is 24.3 Å². The summed E-state index contributed by atoms with van der Waals surface area (Å²) < 4.78 is 67.5. The lowest BCUT2D eigenvalue weighted by molar-refractivity contribution is 0.0939. The molecule has 9 heteroatoms. The van der Waals surface area contributed by atoms with Crippen LogP contribution in [0.3, 0.4) is 0 Å². The van der Waals surface area contributed by atoms with Crippen molar-refractivity contribution in [1.82, 2.24) is 5.32 Å². The molecule has 0 aliphatic carbocycles. The highest BCUT2D eigenvalue weighted by Crippen LogP contribution is 2.21. The van der Waals surface area contributed by atoms with Crippen molar-refractivity contribution in [3.8, 4) is 0 Å². The molecule has 0 spiro atoms. The van der Waals surface area contributed by atoms with Crippen molar-refractivity contribution in [2.75, 3.05) is 4.72 Å². The first kappa shape index (κ1) is 21.4. The van der Waals surface area contributed by atoms with Crippen LogP contribution in [0.1, 0.15) is 28.9 Å². The standard InChI is InChI=1S/C21H17F3N2O3S/c1-13(14-9-10-17(22)19(24)12-14)25-21(27)15-5-4-6-16(11-15)30(28,29)26-20-8-3-2-7-18(20)23/h2-13,26H,1H3,(H,25,27). The first-order chi connectivity index (χ1) is 14.2. The summed E-state index contributed by atoms with van der Waals surface area (Å²) >= 11 is 0. The van der Waals surface area contributed by atoms with Crippen LogP contribution < -0.4 is 10.0 Å². The monoisotopic (exact) mass is 434 g/mol. The molecule has 0 heterocycles. The van der Waals surface area contributed by atoms with Crippen molar-refractivity contribution < 1.29 is 26.4 Å². The number of halogens is 3. The van der Waals surface area contributed by atoms with Crippen LogP contribution in [0.2, 0.25) is 0 Å². The number of carbonyl (C=O) groups excluding carboxylic acids is 1. The summed E-state index contributed by atoms with van der Waals surface area (Å²) in [6.07, 6.45) is 0. The van der Waals surface area contributed by atoms with Crippen LogP contribution in [-0.2, 0) is 10.0 Å². The molecule has 30 heavy (non-hydrogen) atoms. The van der Waals surface area contributed by atoms with Gasteiger partial charge in [-0.3, -0.25) is 9.52 Å². The van der Waals surface area contributed by atoms with E-state index in [2.05, 4.69) is 10.0 Å². The highest BCUT2D eigenvalue weighted by molar-refractivity contribution is 7.92. The van der Waals surface area contributed by atoms with Gasteiger partial charge >= 0.3 is 0 Å². The second-order valence-electron chi connectivity index (χ2n) is 6.48. The highest BCUT2D eigenvalue weighted by Gasteiger charge is 2.19. The Morgan fingerprint density at radius 3 is 2.30 bits per heavy atom. The lowest BCUT2D eigenvalue weighted by atomic mass is 10.1. The maximum Gasteiger partial charge on any atom is 0.262 e. The number of nitrogens with one attached hydrogen (secondary N) is 2. The molecular formula is C21H17F3N2O3S. The molecule has 3 rings (SSSR count). The maximum absolute atomic E-state index is 13.8. The van der Waals surface area contributed by atoms with Crippen LogP contribution in [0.5, 0.6) is 0 Å². The van der Waals surface area contributed by atoms with Gasteiger partial charge in [0.1, 0.15) is 5.82 Å². The van der Waals surface area contributed by atoms with Crippen molar-refractivity contribution in [3.63, 3.8) is 0 Å². The summed E-state index contributed by atoms with van der Waals surface area (Å²) in [6.45, 7) is 1.57. The topological polar surface area (TPSA) is 75.3 Å². The smallest absolute Gasteiger partial charge is 0.262 e. The molecule has 5 nitrogen and oxygen atoms in total. The Balaban J connectivity index is 1.79. The normalized spacial score (nSPS) is 12.3. The van der Waals surface area contributed by atoms with E-state index in [1.54, 1.807) is 6.92 Å². The van der Waals surface area contributed by atoms with Gasteiger partial charge in [-0.1, -0.05) is 24.3 Å². The van der Waals surface area contributed by atoms with Gasteiger partial charge in [-0.05, 0) is 55.0 Å². The van der Waals surface area contributed by atoms with Gasteiger partial charge in [0.15, 0.2) is 11.6 Å². The minimum absolute atomic E-state index is 0.0286. The third-order valence-electron chi connectivity index (χ3n) is 4.32. The Hall–Kier alpha value is -3.33. The molecule has 1 unspecified atom stereocenters. The molecular weight excluding hydrogens is 417 g/mol. The first-order valence-electron chi connectivity index (χ1n) is 8.80. The quantitative estimate of drug-likeness (QED) is 0.604. The van der Waals surface area contributed by atoms with Crippen LogP contribution in [0.25, 0.3) is 0 Å². The predicted molar refractivity (Wildman–Crippen MR) is 106 cm³/mol. The van der Waals surface area contributed by atoms with E-state index >= 15 is 0 Å². The largest absolute Gasteiger partial charge is 0.346 e. The number of rotatable bonds is 6. The number of anilines is 1. The lowest BCUT2D eigenvalue weighted by Crippen LogP contribution is -2.27. The second kappa shape index (κ2) is 8.58. The molecule has 1 atom stereocenters. The number of amides is 1. The summed E-state index contributed by atoms with van der Waals surface area (Å²) in [6, 6.07) is 13.0. The fourth-order valence-electron chi connectivity index (χ4n) is 2.70. The van der Waals surface area contributed by atoms with E-state index in [-0.39, 0.29) is 16.1 Å². The summed E-state index contributed by atoms with van der Waals surface area (Å²) in [5, 5.41) is 2.59. The Morgan fingerprint density at radius 1 is 0.867 bits per heavy atom. The van der Waals surface area contributed by atoms with Crippen LogP contribution >= 0.6 is 0 Å². The SMILES string of the molecule is CC(NC(=O)c1cccc(S(=O)(=O)Nc2ccccc2F)c1)c1ccc(F)c(F)c1. The van der Waals surface area contributed by atoms with Crippen molar-refractivity contribution in [1.29, 1.82) is 0 Å². The van der Waals surface area contributed by atoms with Gasteiger partial charge in [-0.15, -0.1) is 0 Å². The third-order valence-corrected chi connectivity index (χ3v) is 5.68. The molecule has 0 aliphatic rings. The highest BCUT2D eigenvalue weighted by atomic mass is 32.2. The number of para-hydroxylation sites is 1. The Kier molecular flexibility index (Phi) is 6.12. The van der Waals surface area contributed by atoms with Gasteiger partial charge in [0, 0.05) is 5.56 Å². The van der Waals surface area contributed by atoms with Crippen LogP contribution in [0, 0.1) is 17.5 Å². The van der Waals surface area contributed by atoms with E-state index in [9.17, 15) is 26.4 Å². The molecule has 156 valence electrons. The third kappa shape index (κ3) is 4.80. The lowest BCUT2D eigenvalue weighted by Gasteiger charge is -2.15. The Bertz CT molecular complexity index is 1200. The summed E-state index contributed by atoms with van der Waals surface area (Å²) in [5.41, 5.74) is 0.146. The average molecular weight is 434 g/mol. The van der Waals surface area contributed by atoms with Gasteiger partial charge in [0.2, 0.25) is 0 Å². The van der Waals surface area contributed by atoms with Crippen molar-refractivity contribution in [2.24, 2.45) is 0 Å². The maximum atomic E-state index is 13.8. The van der Waals surface area contributed by atoms with Gasteiger partial charge in [0.05, 0.1) is 16.6 Å². The fourth-order valence-corrected chi connectivity index (χ4v) is 3.81. The molecule has 3 aromatic carbocycles. The summed E-state index contributed by atoms with van der Waals surface area (Å²) in [7, 11) is -4.14. The minimum Gasteiger partial charge on any atom is -0.346 e. The average Bonchev–Trinajstić information content (AvgIpc) is 2.71. The Labute approximate surface area is 171 Å². The minimum atomic E-state index is -4.14. The zero-order valence-corrected chi connectivity index (χ0v) is 16.5. The van der Waals surface area contributed by atoms with E-state index in [4.69, 9.17) is 0 Å². The molecule has 0 saturated carbocycles. The molecule has 0 aromatic heterocycles. The number of sulfonamides is 1. The van der Waals surface area contributed by atoms with E-state index < -0.39 is 39.4 Å². The van der Waals surface area contributed by atoms with Crippen molar-refractivity contribution in [2.45, 2.75) is 17.9 Å². The molecule has 0 aliphatic heterocycles. The van der Waals surface area contributed by atoms with E-state index in [1.165, 1.54) is 42.5 Å². The van der Waals surface area contributed by atoms with Crippen LogP contribution in [0.4, 0.5) is 18.9 Å². The Morgan fingerprint density at radius 2 is 1.60 bits per heavy atom. The zero-order chi connectivity index (χ0) is 21.9. The van der Waals surface area contributed by atoms with Gasteiger partial charge in [-0.2, -0.15) is 0 Å². The van der Waals surface area contributed by atoms with Crippen LogP contribution in [0.15, 0.2) is 71.6 Å². The molecule has 2 N–H and O–H groups in total. The second-order valence-corrected chi connectivity index (χ2v) is 8.16.